The maximum Gasteiger partial charge on any atom is 0.339 e. The van der Waals surface area contributed by atoms with Gasteiger partial charge in [-0.05, 0) is 72.6 Å². The summed E-state index contributed by atoms with van der Waals surface area (Å²) in [5, 5.41) is 10.5. The fraction of sp³-hybridized carbons (Fsp3) is 0.154. The molecular weight excluding hydrogens is 532 g/mol. The van der Waals surface area contributed by atoms with E-state index in [1.807, 2.05) is 32.0 Å². The molecule has 196 valence electrons. The first kappa shape index (κ1) is 26.9. The van der Waals surface area contributed by atoms with Crippen LogP contribution in [-0.2, 0) is 14.9 Å². The molecule has 4 rings (SSSR count). The maximum atomic E-state index is 12.8. The fourth-order valence-corrected chi connectivity index (χ4v) is 5.34. The van der Waals surface area contributed by atoms with Gasteiger partial charge in [0, 0.05) is 12.1 Å². The van der Waals surface area contributed by atoms with Crippen molar-refractivity contribution in [2.24, 2.45) is 0 Å². The van der Waals surface area contributed by atoms with Gasteiger partial charge in [-0.25, -0.2) is 0 Å². The number of ether oxygens (including phenoxy) is 1. The topological polar surface area (TPSA) is 133 Å². The fourth-order valence-electron chi connectivity index (χ4n) is 3.50. The normalized spacial score (nSPS) is 14.7. The molecule has 3 aromatic rings. The Balaban J connectivity index is 1.39. The third kappa shape index (κ3) is 6.21. The molecule has 38 heavy (non-hydrogen) atoms. The predicted molar refractivity (Wildman–Crippen MR) is 141 cm³/mol. The second-order valence-corrected chi connectivity index (χ2v) is 10.9. The molecule has 0 atom stereocenters. The molecule has 10 nitrogen and oxygen atoms in total. The van der Waals surface area contributed by atoms with Crippen molar-refractivity contribution in [1.82, 2.24) is 4.90 Å². The van der Waals surface area contributed by atoms with Crippen LogP contribution in [0.2, 0.25) is 0 Å². The van der Waals surface area contributed by atoms with Crippen LogP contribution in [0.5, 0.6) is 11.5 Å². The van der Waals surface area contributed by atoms with Crippen LogP contribution in [0, 0.1) is 24.0 Å². The van der Waals surface area contributed by atoms with Crippen molar-refractivity contribution >= 4 is 44.8 Å². The average Bonchev–Trinajstić information content (AvgIpc) is 3.14. The van der Waals surface area contributed by atoms with Crippen molar-refractivity contribution in [2.45, 2.75) is 18.7 Å². The van der Waals surface area contributed by atoms with Crippen molar-refractivity contribution < 1.29 is 31.9 Å². The summed E-state index contributed by atoms with van der Waals surface area (Å²) in [6, 6.07) is 16.1. The second kappa shape index (κ2) is 11.1. The van der Waals surface area contributed by atoms with Gasteiger partial charge in [-0.15, -0.1) is 0 Å². The lowest BCUT2D eigenvalue weighted by atomic mass is 10.1. The first-order valence-corrected chi connectivity index (χ1v) is 13.5. The summed E-state index contributed by atoms with van der Waals surface area (Å²) in [6.07, 6.45) is 1.52. The zero-order chi connectivity index (χ0) is 27.4. The lowest BCUT2D eigenvalue weighted by molar-refractivity contribution is -0.385. The minimum atomic E-state index is -4.30. The molecular formula is C26H22N2O8S2. The van der Waals surface area contributed by atoms with Crippen LogP contribution in [0.15, 0.2) is 76.5 Å². The molecule has 1 heterocycles. The summed E-state index contributed by atoms with van der Waals surface area (Å²) >= 11 is 0.804. The summed E-state index contributed by atoms with van der Waals surface area (Å²) in [5.41, 5.74) is 2.16. The second-order valence-electron chi connectivity index (χ2n) is 8.31. The number of carbonyl (C=O) groups excluding carboxylic acids is 2. The van der Waals surface area contributed by atoms with Crippen molar-refractivity contribution in [3.05, 3.63) is 98.4 Å². The number of benzene rings is 3. The van der Waals surface area contributed by atoms with Crippen molar-refractivity contribution in [3.8, 4) is 11.5 Å². The largest absolute Gasteiger partial charge is 0.491 e. The van der Waals surface area contributed by atoms with E-state index in [2.05, 4.69) is 0 Å². The summed E-state index contributed by atoms with van der Waals surface area (Å²) in [4.78, 5) is 36.4. The lowest BCUT2D eigenvalue weighted by Gasteiger charge is -2.14. The van der Waals surface area contributed by atoms with Gasteiger partial charge < -0.3 is 8.92 Å². The van der Waals surface area contributed by atoms with Crippen LogP contribution in [0.4, 0.5) is 10.5 Å². The molecule has 0 aliphatic carbocycles. The number of hydrogen-bond donors (Lipinski definition) is 0. The SMILES string of the molecule is Cc1ccc(C)c(OCCN2C(=O)S/C(=C\c3ccc(OS(=O)(=O)c4cccc([N+](=O)[O-])c4)cc3)C2=O)c1. The molecule has 1 fully saturated rings. The number of thioether (sulfide) groups is 1. The number of nitro groups is 1. The zero-order valence-corrected chi connectivity index (χ0v) is 22.0. The lowest BCUT2D eigenvalue weighted by Crippen LogP contribution is -2.32. The van der Waals surface area contributed by atoms with Gasteiger partial charge in [0.15, 0.2) is 0 Å². The molecule has 12 heteroatoms. The Morgan fingerprint density at radius 3 is 2.47 bits per heavy atom. The van der Waals surface area contributed by atoms with Crippen LogP contribution in [0.25, 0.3) is 6.08 Å². The highest BCUT2D eigenvalue weighted by atomic mass is 32.2. The summed E-state index contributed by atoms with van der Waals surface area (Å²) in [7, 11) is -4.30. The molecule has 0 radical (unpaired) electrons. The minimum absolute atomic E-state index is 0.0228. The average molecular weight is 555 g/mol. The van der Waals surface area contributed by atoms with Gasteiger partial charge in [-0.3, -0.25) is 24.6 Å². The third-order valence-corrected chi connectivity index (χ3v) is 7.64. The maximum absolute atomic E-state index is 12.8. The first-order chi connectivity index (χ1) is 18.0. The van der Waals surface area contributed by atoms with Gasteiger partial charge in [0.2, 0.25) is 0 Å². The molecule has 1 aliphatic rings. The molecule has 0 aromatic heterocycles. The highest BCUT2D eigenvalue weighted by Crippen LogP contribution is 2.32. The van der Waals surface area contributed by atoms with Crippen LogP contribution in [-0.4, -0.2) is 42.5 Å². The smallest absolute Gasteiger partial charge is 0.339 e. The highest BCUT2D eigenvalue weighted by Gasteiger charge is 2.34. The van der Waals surface area contributed by atoms with E-state index in [0.29, 0.717) is 11.3 Å². The zero-order valence-electron chi connectivity index (χ0n) is 20.3. The summed E-state index contributed by atoms with van der Waals surface area (Å²) in [5.74, 6) is 0.228. The van der Waals surface area contributed by atoms with Crippen molar-refractivity contribution in [1.29, 1.82) is 0 Å². The van der Waals surface area contributed by atoms with E-state index in [1.165, 1.54) is 48.5 Å². The van der Waals surface area contributed by atoms with Crippen LogP contribution < -0.4 is 8.92 Å². The number of nitro benzene ring substituents is 1. The van der Waals surface area contributed by atoms with E-state index in [4.69, 9.17) is 8.92 Å². The van der Waals surface area contributed by atoms with Crippen molar-refractivity contribution in [3.63, 3.8) is 0 Å². The molecule has 0 bridgehead atoms. The number of rotatable bonds is 9. The Morgan fingerprint density at radius 2 is 1.76 bits per heavy atom. The number of amides is 2. The van der Waals surface area contributed by atoms with E-state index in [0.717, 1.165) is 33.9 Å². The molecule has 1 aliphatic heterocycles. The Hall–Kier alpha value is -4.16. The Labute approximate surface area is 223 Å². The quantitative estimate of drug-likeness (QED) is 0.153. The molecule has 3 aromatic carbocycles. The third-order valence-electron chi connectivity index (χ3n) is 5.49. The number of hydrogen-bond acceptors (Lipinski definition) is 9. The number of nitrogens with zero attached hydrogens (tertiary/aromatic N) is 2. The molecule has 0 saturated carbocycles. The summed E-state index contributed by atoms with van der Waals surface area (Å²) in [6.45, 7) is 4.11. The van der Waals surface area contributed by atoms with E-state index >= 15 is 0 Å². The molecule has 0 unspecified atom stereocenters. The molecule has 0 spiro atoms. The molecule has 0 N–H and O–H groups in total. The van der Waals surface area contributed by atoms with E-state index < -0.39 is 26.2 Å². The van der Waals surface area contributed by atoms with Gasteiger partial charge in [-0.2, -0.15) is 8.42 Å². The molecule has 2 amide bonds. The van der Waals surface area contributed by atoms with E-state index in [9.17, 15) is 28.1 Å². The van der Waals surface area contributed by atoms with Crippen LogP contribution >= 0.6 is 11.8 Å². The Kier molecular flexibility index (Phi) is 7.83. The van der Waals surface area contributed by atoms with Crippen LogP contribution in [0.3, 0.4) is 0 Å². The van der Waals surface area contributed by atoms with E-state index in [-0.39, 0.29) is 34.4 Å². The van der Waals surface area contributed by atoms with Gasteiger partial charge in [-0.1, -0.05) is 30.3 Å². The molecule has 1 saturated heterocycles. The number of aryl methyl sites for hydroxylation is 2. The predicted octanol–water partition coefficient (Wildman–Crippen LogP) is 5.09. The minimum Gasteiger partial charge on any atom is -0.491 e. The Bertz CT molecular complexity index is 1550. The van der Waals surface area contributed by atoms with Gasteiger partial charge in [0.25, 0.3) is 16.8 Å². The number of non-ortho nitro benzene ring substituents is 1. The number of carbonyl (C=O) groups is 2. The van der Waals surface area contributed by atoms with E-state index in [1.54, 1.807) is 0 Å². The monoisotopic (exact) mass is 554 g/mol. The van der Waals surface area contributed by atoms with Gasteiger partial charge in [0.05, 0.1) is 16.4 Å². The highest BCUT2D eigenvalue weighted by molar-refractivity contribution is 8.18. The summed E-state index contributed by atoms with van der Waals surface area (Å²) < 4.78 is 35.9. The number of imide groups is 1. The van der Waals surface area contributed by atoms with Gasteiger partial charge in [0.1, 0.15) is 23.0 Å². The van der Waals surface area contributed by atoms with Gasteiger partial charge >= 0.3 is 10.1 Å². The Morgan fingerprint density at radius 1 is 1.03 bits per heavy atom. The van der Waals surface area contributed by atoms with Crippen molar-refractivity contribution in [2.75, 3.05) is 13.2 Å². The standard InChI is InChI=1S/C26H22N2O8S2/c1-17-6-7-18(2)23(14-17)35-13-12-27-25(29)24(37-26(27)30)15-19-8-10-21(11-9-19)36-38(33,34)22-5-3-4-20(16-22)28(31)32/h3-11,14-16H,12-13H2,1-2H3/b24-15-. The first-order valence-electron chi connectivity index (χ1n) is 11.3. The van der Waals surface area contributed by atoms with Crippen LogP contribution in [0.1, 0.15) is 16.7 Å².